The molecule has 12 heteroatoms. The molecule has 0 spiro atoms. The first-order chi connectivity index (χ1) is 18.0. The molecule has 1 aliphatic heterocycles. The Morgan fingerprint density at radius 2 is 1.63 bits per heavy atom. The summed E-state index contributed by atoms with van der Waals surface area (Å²) in [5.41, 5.74) is 7.82. The molecule has 198 valence electrons. The molecule has 0 saturated carbocycles. The molecule has 38 heavy (non-hydrogen) atoms. The highest BCUT2D eigenvalue weighted by molar-refractivity contribution is 7.90. The third kappa shape index (κ3) is 6.33. The summed E-state index contributed by atoms with van der Waals surface area (Å²) in [5.74, 6) is -1.44. The predicted molar refractivity (Wildman–Crippen MR) is 148 cm³/mol. The Kier molecular flexibility index (Phi) is 8.37. The summed E-state index contributed by atoms with van der Waals surface area (Å²) in [6, 6.07) is 20.8. The van der Waals surface area contributed by atoms with Crippen molar-refractivity contribution in [2.24, 2.45) is 15.2 Å². The second kappa shape index (κ2) is 11.5. The van der Waals surface area contributed by atoms with Crippen molar-refractivity contribution in [2.75, 3.05) is 6.54 Å². The van der Waals surface area contributed by atoms with Gasteiger partial charge in [0.2, 0.25) is 11.9 Å². The molecule has 3 aromatic rings. The summed E-state index contributed by atoms with van der Waals surface area (Å²) in [6.07, 6.45) is -1.25. The van der Waals surface area contributed by atoms with Gasteiger partial charge in [-0.3, -0.25) is 4.79 Å². The number of hydrogen-bond donors (Lipinski definition) is 3. The van der Waals surface area contributed by atoms with E-state index in [1.54, 1.807) is 12.1 Å². The first kappa shape index (κ1) is 27.6. The lowest BCUT2D eigenvalue weighted by Gasteiger charge is -2.24. The zero-order chi connectivity index (χ0) is 27.4. The fourth-order valence-electron chi connectivity index (χ4n) is 3.95. The van der Waals surface area contributed by atoms with Crippen LogP contribution >= 0.6 is 23.2 Å². The van der Waals surface area contributed by atoms with Gasteiger partial charge in [0.05, 0.1) is 23.3 Å². The van der Waals surface area contributed by atoms with E-state index in [4.69, 9.17) is 34.0 Å². The van der Waals surface area contributed by atoms with E-state index < -0.39 is 28.1 Å². The lowest BCUT2D eigenvalue weighted by atomic mass is 9.91. The van der Waals surface area contributed by atoms with Gasteiger partial charge in [-0.05, 0) is 54.4 Å². The quantitative estimate of drug-likeness (QED) is 0.292. The number of primary amides is 1. The van der Waals surface area contributed by atoms with E-state index in [2.05, 4.69) is 9.71 Å². The number of nitrogens with one attached hydrogen (secondary N) is 1. The van der Waals surface area contributed by atoms with Crippen molar-refractivity contribution in [3.63, 3.8) is 0 Å². The molecule has 1 heterocycles. The number of amides is 1. The van der Waals surface area contributed by atoms with Crippen LogP contribution in [0.25, 0.3) is 0 Å². The number of guanidine groups is 1. The van der Waals surface area contributed by atoms with Crippen molar-refractivity contribution in [1.82, 2.24) is 10.3 Å². The molecule has 0 saturated heterocycles. The number of rotatable bonds is 7. The van der Waals surface area contributed by atoms with Crippen molar-refractivity contribution < 1.29 is 18.3 Å². The summed E-state index contributed by atoms with van der Waals surface area (Å²) >= 11 is 12.0. The first-order valence-electron chi connectivity index (χ1n) is 11.6. The minimum Gasteiger partial charge on any atom is -0.391 e. The van der Waals surface area contributed by atoms with E-state index in [-0.39, 0.29) is 23.3 Å². The van der Waals surface area contributed by atoms with Crippen molar-refractivity contribution in [3.05, 3.63) is 100 Å². The molecule has 3 unspecified atom stereocenters. The van der Waals surface area contributed by atoms with Gasteiger partial charge < -0.3 is 16.2 Å². The van der Waals surface area contributed by atoms with Gasteiger partial charge in [0, 0.05) is 16.0 Å². The average Bonchev–Trinajstić information content (AvgIpc) is 3.33. The SMILES string of the molecule is CC(O)C(N/C(=N/S(=O)(=O)c1ccc(Cl)cc1)N1CC(c2ccccc2)C(c2ccc(Cl)cc2)=N1)C(N)=O. The summed E-state index contributed by atoms with van der Waals surface area (Å²) in [4.78, 5) is 12.0. The third-order valence-corrected chi connectivity index (χ3v) is 7.68. The van der Waals surface area contributed by atoms with Crippen LogP contribution in [0.15, 0.2) is 93.3 Å². The molecule has 0 bridgehead atoms. The summed E-state index contributed by atoms with van der Waals surface area (Å²) in [6.45, 7) is 1.54. The Bertz CT molecular complexity index is 1460. The van der Waals surface area contributed by atoms with Crippen LogP contribution < -0.4 is 11.1 Å². The van der Waals surface area contributed by atoms with Gasteiger partial charge in [0.1, 0.15) is 6.04 Å². The van der Waals surface area contributed by atoms with Gasteiger partial charge in [-0.25, -0.2) is 5.01 Å². The maximum atomic E-state index is 13.2. The van der Waals surface area contributed by atoms with Crippen molar-refractivity contribution in [1.29, 1.82) is 0 Å². The molecule has 0 aliphatic carbocycles. The van der Waals surface area contributed by atoms with Gasteiger partial charge in [-0.1, -0.05) is 65.7 Å². The molecule has 3 aromatic carbocycles. The lowest BCUT2D eigenvalue weighted by Crippen LogP contribution is -2.54. The average molecular weight is 574 g/mol. The van der Waals surface area contributed by atoms with E-state index in [1.807, 2.05) is 42.5 Å². The van der Waals surface area contributed by atoms with Crippen LogP contribution in [0.2, 0.25) is 10.0 Å². The topological polar surface area (TPSA) is 137 Å². The normalized spacial score (nSPS) is 17.6. The Morgan fingerprint density at radius 1 is 1.05 bits per heavy atom. The number of benzene rings is 3. The van der Waals surface area contributed by atoms with E-state index in [0.717, 1.165) is 11.1 Å². The molecule has 0 fully saturated rings. The maximum Gasteiger partial charge on any atom is 0.285 e. The van der Waals surface area contributed by atoms with Gasteiger partial charge in [-0.15, -0.1) is 4.40 Å². The molecule has 4 rings (SSSR count). The predicted octanol–water partition coefficient (Wildman–Crippen LogP) is 3.37. The highest BCUT2D eigenvalue weighted by atomic mass is 35.5. The highest BCUT2D eigenvalue weighted by Crippen LogP contribution is 2.30. The lowest BCUT2D eigenvalue weighted by molar-refractivity contribution is -0.121. The largest absolute Gasteiger partial charge is 0.391 e. The van der Waals surface area contributed by atoms with Crippen LogP contribution in [-0.2, 0) is 14.8 Å². The second-order valence-electron chi connectivity index (χ2n) is 8.65. The fraction of sp³-hybridized carbons (Fsp3) is 0.192. The van der Waals surface area contributed by atoms with Crippen LogP contribution in [0.5, 0.6) is 0 Å². The number of aliphatic hydroxyl groups is 1. The highest BCUT2D eigenvalue weighted by Gasteiger charge is 2.34. The number of carbonyl (C=O) groups is 1. The number of nitrogens with zero attached hydrogens (tertiary/aromatic N) is 3. The number of carbonyl (C=O) groups excluding carboxylic acids is 1. The molecule has 1 aliphatic rings. The molecule has 4 N–H and O–H groups in total. The van der Waals surface area contributed by atoms with Crippen LogP contribution in [0.3, 0.4) is 0 Å². The number of hydrazone groups is 1. The Morgan fingerprint density at radius 3 is 2.18 bits per heavy atom. The number of nitrogens with two attached hydrogens (primary N) is 1. The van der Waals surface area contributed by atoms with Gasteiger partial charge >= 0.3 is 0 Å². The first-order valence-corrected chi connectivity index (χ1v) is 13.8. The van der Waals surface area contributed by atoms with E-state index in [1.165, 1.54) is 36.2 Å². The molecular formula is C26H25Cl2N5O4S. The number of aliphatic hydroxyl groups excluding tert-OH is 1. The minimum atomic E-state index is -4.28. The van der Waals surface area contributed by atoms with E-state index in [0.29, 0.717) is 15.8 Å². The molecule has 9 nitrogen and oxygen atoms in total. The van der Waals surface area contributed by atoms with Crippen molar-refractivity contribution in [3.8, 4) is 0 Å². The number of hydrogen-bond acceptors (Lipinski definition) is 5. The summed E-state index contributed by atoms with van der Waals surface area (Å²) < 4.78 is 30.4. The Hall–Kier alpha value is -3.44. The van der Waals surface area contributed by atoms with Gasteiger partial charge in [0.15, 0.2) is 0 Å². The summed E-state index contributed by atoms with van der Waals surface area (Å²) in [5, 5.41) is 19.8. The molecule has 1 amide bonds. The number of sulfonamides is 1. The smallest absolute Gasteiger partial charge is 0.285 e. The number of halogens is 2. The van der Waals surface area contributed by atoms with Gasteiger partial charge in [-0.2, -0.15) is 13.5 Å². The van der Waals surface area contributed by atoms with Crippen LogP contribution in [0, 0.1) is 0 Å². The second-order valence-corrected chi connectivity index (χ2v) is 11.1. The standard InChI is InChI=1S/C26H25Cl2N5O4S/c1-16(34)23(25(29)35)30-26(32-38(36,37)21-13-11-20(28)12-14-21)33-15-22(17-5-3-2-4-6-17)24(31-33)18-7-9-19(27)10-8-18/h2-14,16,22-23,34H,15H2,1H3,(H2,29,35)(H,30,32). The summed E-state index contributed by atoms with van der Waals surface area (Å²) in [7, 11) is -4.28. The minimum absolute atomic E-state index is 0.116. The third-order valence-electron chi connectivity index (χ3n) is 5.89. The Labute approximate surface area is 230 Å². The van der Waals surface area contributed by atoms with Crippen LogP contribution in [0.4, 0.5) is 0 Å². The monoisotopic (exact) mass is 573 g/mol. The van der Waals surface area contributed by atoms with Crippen LogP contribution in [-0.4, -0.2) is 54.8 Å². The van der Waals surface area contributed by atoms with E-state index in [9.17, 15) is 18.3 Å². The Balaban J connectivity index is 1.82. The maximum absolute atomic E-state index is 13.2. The molecule has 3 atom stereocenters. The fourth-order valence-corrected chi connectivity index (χ4v) is 5.16. The van der Waals surface area contributed by atoms with Gasteiger partial charge in [0.25, 0.3) is 10.0 Å². The van der Waals surface area contributed by atoms with E-state index >= 15 is 0 Å². The molecular weight excluding hydrogens is 549 g/mol. The zero-order valence-electron chi connectivity index (χ0n) is 20.2. The molecule has 0 radical (unpaired) electrons. The van der Waals surface area contributed by atoms with Crippen LogP contribution in [0.1, 0.15) is 24.0 Å². The molecule has 0 aromatic heterocycles. The van der Waals surface area contributed by atoms with Crippen molar-refractivity contribution in [2.45, 2.75) is 29.9 Å². The zero-order valence-corrected chi connectivity index (χ0v) is 22.5. The van der Waals surface area contributed by atoms with Crippen molar-refractivity contribution >= 4 is 50.8 Å².